The standard InChI is InChI=1S/C30H31N3O5/c1-17-13-18(2)29(34)22(14-17)26-25-27(32-31-26)30(35)33(28(25)20-7-6-8-21(16-20)36-3)12-11-19-9-10-23(37-4)24(15-19)38-5/h6-10,13-16,28,34H,11-12H2,1-5H3,(H,31,32). The van der Waals surface area contributed by atoms with Crippen LogP contribution in [0.5, 0.6) is 23.0 Å². The summed E-state index contributed by atoms with van der Waals surface area (Å²) in [4.78, 5) is 15.6. The van der Waals surface area contributed by atoms with Crippen LogP contribution in [-0.2, 0) is 6.42 Å². The van der Waals surface area contributed by atoms with E-state index in [2.05, 4.69) is 10.2 Å². The van der Waals surface area contributed by atoms with Crippen molar-refractivity contribution < 1.29 is 24.1 Å². The van der Waals surface area contributed by atoms with E-state index in [0.717, 1.165) is 27.8 Å². The van der Waals surface area contributed by atoms with Gasteiger partial charge < -0.3 is 24.2 Å². The van der Waals surface area contributed by atoms with Crippen molar-refractivity contribution in [1.29, 1.82) is 0 Å². The second-order valence-electron chi connectivity index (χ2n) is 9.46. The lowest BCUT2D eigenvalue weighted by Crippen LogP contribution is -2.31. The van der Waals surface area contributed by atoms with Gasteiger partial charge in [-0.25, -0.2) is 0 Å². The fraction of sp³-hybridized carbons (Fsp3) is 0.267. The summed E-state index contributed by atoms with van der Waals surface area (Å²) in [6.07, 6.45) is 0.606. The highest BCUT2D eigenvalue weighted by atomic mass is 16.5. The Balaban J connectivity index is 1.58. The summed E-state index contributed by atoms with van der Waals surface area (Å²) in [5.41, 5.74) is 6.01. The van der Waals surface area contributed by atoms with Gasteiger partial charge in [0.25, 0.3) is 5.91 Å². The Bertz CT molecular complexity index is 1510. The van der Waals surface area contributed by atoms with E-state index in [1.807, 2.05) is 73.3 Å². The number of aryl methyl sites for hydroxylation is 2. The number of nitrogens with zero attached hydrogens (tertiary/aromatic N) is 2. The zero-order valence-electron chi connectivity index (χ0n) is 22.2. The van der Waals surface area contributed by atoms with Gasteiger partial charge in [0.2, 0.25) is 0 Å². The summed E-state index contributed by atoms with van der Waals surface area (Å²) >= 11 is 0. The maximum Gasteiger partial charge on any atom is 0.273 e. The molecule has 196 valence electrons. The summed E-state index contributed by atoms with van der Waals surface area (Å²) in [6.45, 7) is 4.29. The van der Waals surface area contributed by atoms with E-state index in [0.29, 0.717) is 47.2 Å². The Morgan fingerprint density at radius 3 is 2.50 bits per heavy atom. The lowest BCUT2D eigenvalue weighted by atomic mass is 9.94. The molecule has 1 aliphatic heterocycles. The molecule has 0 radical (unpaired) electrons. The molecule has 4 aromatic rings. The van der Waals surface area contributed by atoms with Gasteiger partial charge in [-0.1, -0.05) is 24.3 Å². The normalized spacial score (nSPS) is 14.5. The van der Waals surface area contributed by atoms with Crippen molar-refractivity contribution >= 4 is 5.91 Å². The second-order valence-corrected chi connectivity index (χ2v) is 9.46. The molecule has 1 unspecified atom stereocenters. The first-order chi connectivity index (χ1) is 18.4. The van der Waals surface area contributed by atoms with Crippen molar-refractivity contribution in [2.24, 2.45) is 0 Å². The van der Waals surface area contributed by atoms with Crippen molar-refractivity contribution in [2.75, 3.05) is 27.9 Å². The first-order valence-corrected chi connectivity index (χ1v) is 12.4. The number of aromatic nitrogens is 2. The van der Waals surface area contributed by atoms with Gasteiger partial charge in [0.15, 0.2) is 11.5 Å². The summed E-state index contributed by atoms with van der Waals surface area (Å²) in [7, 11) is 4.83. The molecule has 3 aromatic carbocycles. The molecule has 5 rings (SSSR count). The van der Waals surface area contributed by atoms with E-state index in [-0.39, 0.29) is 11.7 Å². The van der Waals surface area contributed by atoms with Crippen molar-refractivity contribution in [2.45, 2.75) is 26.3 Å². The van der Waals surface area contributed by atoms with Crippen LogP contribution in [0.15, 0.2) is 54.6 Å². The number of ether oxygens (including phenoxy) is 3. The van der Waals surface area contributed by atoms with Gasteiger partial charge >= 0.3 is 0 Å². The van der Waals surface area contributed by atoms with Crippen LogP contribution in [0, 0.1) is 13.8 Å². The number of methoxy groups -OCH3 is 3. The van der Waals surface area contributed by atoms with Gasteiger partial charge in [0, 0.05) is 17.7 Å². The minimum atomic E-state index is -0.415. The Kier molecular flexibility index (Phi) is 6.72. The number of phenolic OH excluding ortho intramolecular Hbond substituents is 1. The van der Waals surface area contributed by atoms with Crippen molar-refractivity contribution in [3.63, 3.8) is 0 Å². The fourth-order valence-corrected chi connectivity index (χ4v) is 5.22. The van der Waals surface area contributed by atoms with E-state index in [1.165, 1.54) is 0 Å². The number of hydrogen-bond donors (Lipinski definition) is 2. The molecule has 1 aliphatic rings. The first-order valence-electron chi connectivity index (χ1n) is 12.4. The Labute approximate surface area is 221 Å². The number of carbonyl (C=O) groups excluding carboxylic acids is 1. The number of hydrogen-bond acceptors (Lipinski definition) is 6. The molecule has 1 atom stereocenters. The Hall–Kier alpha value is -4.46. The topological polar surface area (TPSA) is 96.9 Å². The summed E-state index contributed by atoms with van der Waals surface area (Å²) in [5, 5.41) is 18.4. The molecule has 0 saturated carbocycles. The predicted octanol–water partition coefficient (Wildman–Crippen LogP) is 5.21. The summed E-state index contributed by atoms with van der Waals surface area (Å²) in [5.74, 6) is 2.01. The van der Waals surface area contributed by atoms with Crippen LogP contribution in [0.25, 0.3) is 11.3 Å². The van der Waals surface area contributed by atoms with Crippen LogP contribution in [-0.4, -0.2) is 54.0 Å². The maximum absolute atomic E-state index is 13.8. The SMILES string of the molecule is COc1cccc(C2c3c(-c4cc(C)cc(C)c4O)n[nH]c3C(=O)N2CCc2ccc(OC)c(OC)c2)c1. The van der Waals surface area contributed by atoms with Crippen LogP contribution in [0.3, 0.4) is 0 Å². The lowest BCUT2D eigenvalue weighted by molar-refractivity contribution is 0.0745. The number of fused-ring (bicyclic) bond motifs is 1. The molecule has 38 heavy (non-hydrogen) atoms. The molecular formula is C30H31N3O5. The van der Waals surface area contributed by atoms with Gasteiger partial charge in [-0.15, -0.1) is 0 Å². The van der Waals surface area contributed by atoms with Crippen LogP contribution in [0.4, 0.5) is 0 Å². The third kappa shape index (κ3) is 4.32. The van der Waals surface area contributed by atoms with Crippen LogP contribution in [0.1, 0.15) is 44.3 Å². The summed E-state index contributed by atoms with van der Waals surface area (Å²) < 4.78 is 16.3. The number of aromatic amines is 1. The number of aromatic hydroxyl groups is 1. The third-order valence-electron chi connectivity index (χ3n) is 7.06. The van der Waals surface area contributed by atoms with E-state index in [1.54, 1.807) is 21.3 Å². The largest absolute Gasteiger partial charge is 0.507 e. The van der Waals surface area contributed by atoms with Crippen molar-refractivity contribution in [3.05, 3.63) is 88.1 Å². The second kappa shape index (κ2) is 10.1. The quantitative estimate of drug-likeness (QED) is 0.336. The van der Waals surface area contributed by atoms with Crippen molar-refractivity contribution in [1.82, 2.24) is 15.1 Å². The molecule has 8 nitrogen and oxygen atoms in total. The van der Waals surface area contributed by atoms with E-state index < -0.39 is 6.04 Å². The highest BCUT2D eigenvalue weighted by molar-refractivity contribution is 6.00. The number of benzene rings is 3. The molecule has 0 fully saturated rings. The smallest absolute Gasteiger partial charge is 0.273 e. The molecule has 0 saturated heterocycles. The molecule has 1 amide bonds. The van der Waals surface area contributed by atoms with Crippen LogP contribution in [0.2, 0.25) is 0 Å². The average molecular weight is 514 g/mol. The van der Waals surface area contributed by atoms with Gasteiger partial charge in [-0.3, -0.25) is 9.89 Å². The monoisotopic (exact) mass is 513 g/mol. The minimum absolute atomic E-state index is 0.143. The van der Waals surface area contributed by atoms with Gasteiger partial charge in [0.05, 0.1) is 27.4 Å². The number of nitrogens with one attached hydrogen (secondary N) is 1. The number of amides is 1. The molecule has 1 aromatic heterocycles. The van der Waals surface area contributed by atoms with Crippen LogP contribution >= 0.6 is 0 Å². The number of rotatable bonds is 8. The fourth-order valence-electron chi connectivity index (χ4n) is 5.22. The minimum Gasteiger partial charge on any atom is -0.507 e. The van der Waals surface area contributed by atoms with Crippen molar-refractivity contribution in [3.8, 4) is 34.3 Å². The molecule has 0 spiro atoms. The van der Waals surface area contributed by atoms with Gasteiger partial charge in [-0.2, -0.15) is 5.10 Å². The average Bonchev–Trinajstić information content (AvgIpc) is 3.47. The maximum atomic E-state index is 13.8. The lowest BCUT2D eigenvalue weighted by Gasteiger charge is -2.27. The first kappa shape index (κ1) is 25.2. The van der Waals surface area contributed by atoms with E-state index >= 15 is 0 Å². The Morgan fingerprint density at radius 2 is 1.76 bits per heavy atom. The van der Waals surface area contributed by atoms with Gasteiger partial charge in [0.1, 0.15) is 22.9 Å². The predicted molar refractivity (Wildman–Crippen MR) is 144 cm³/mol. The number of H-pyrrole nitrogens is 1. The molecule has 2 N–H and O–H groups in total. The zero-order chi connectivity index (χ0) is 27.0. The third-order valence-corrected chi connectivity index (χ3v) is 7.06. The number of carbonyl (C=O) groups is 1. The zero-order valence-corrected chi connectivity index (χ0v) is 22.2. The molecule has 8 heteroatoms. The molecule has 0 bridgehead atoms. The molecular weight excluding hydrogens is 482 g/mol. The molecule has 0 aliphatic carbocycles. The van der Waals surface area contributed by atoms with Crippen LogP contribution < -0.4 is 14.2 Å². The summed E-state index contributed by atoms with van der Waals surface area (Å²) in [6, 6.07) is 16.9. The van der Waals surface area contributed by atoms with E-state index in [4.69, 9.17) is 14.2 Å². The highest BCUT2D eigenvalue weighted by Crippen LogP contribution is 2.45. The molecule has 2 heterocycles. The Morgan fingerprint density at radius 1 is 0.974 bits per heavy atom. The van der Waals surface area contributed by atoms with Gasteiger partial charge in [-0.05, 0) is 72.9 Å². The number of phenols is 1. The van der Waals surface area contributed by atoms with E-state index in [9.17, 15) is 9.90 Å². The highest BCUT2D eigenvalue weighted by Gasteiger charge is 2.42.